The van der Waals surface area contributed by atoms with Crippen LogP contribution >= 0.6 is 23.2 Å². The van der Waals surface area contributed by atoms with Gasteiger partial charge in [0.25, 0.3) is 5.91 Å². The molecule has 7 heteroatoms. The van der Waals surface area contributed by atoms with Gasteiger partial charge >= 0.3 is 0 Å². The van der Waals surface area contributed by atoms with Crippen molar-refractivity contribution in [3.05, 3.63) is 87.8 Å². The maximum absolute atomic E-state index is 13.6. The lowest BCUT2D eigenvalue weighted by molar-refractivity contribution is 0.102. The first-order valence-electron chi connectivity index (χ1n) is 7.73. The molecule has 2 N–H and O–H groups in total. The zero-order valence-electron chi connectivity index (χ0n) is 13.5. The summed E-state index contributed by atoms with van der Waals surface area (Å²) in [5.74, 6) is -0.138. The molecule has 0 radical (unpaired) electrons. The number of amides is 1. The van der Waals surface area contributed by atoms with Gasteiger partial charge < -0.3 is 10.6 Å². The zero-order chi connectivity index (χ0) is 18.5. The molecule has 3 rings (SSSR count). The molecule has 0 saturated heterocycles. The van der Waals surface area contributed by atoms with Crippen molar-refractivity contribution in [2.45, 2.75) is 6.54 Å². The number of carbonyl (C=O) groups is 1. The van der Waals surface area contributed by atoms with E-state index in [1.807, 2.05) is 0 Å². The fraction of sp³-hybridized carbons (Fsp3) is 0.0526. The third-order valence-electron chi connectivity index (χ3n) is 3.64. The lowest BCUT2D eigenvalue weighted by Crippen LogP contribution is -2.13. The number of aromatic nitrogens is 1. The highest BCUT2D eigenvalue weighted by molar-refractivity contribution is 6.40. The second-order valence-corrected chi connectivity index (χ2v) is 6.24. The van der Waals surface area contributed by atoms with E-state index in [-0.39, 0.29) is 11.7 Å². The van der Waals surface area contributed by atoms with E-state index in [2.05, 4.69) is 15.6 Å². The normalized spacial score (nSPS) is 10.4. The fourth-order valence-electron chi connectivity index (χ4n) is 2.26. The molecule has 1 amide bonds. The maximum atomic E-state index is 13.6. The predicted octanol–water partition coefficient (Wildman–Crippen LogP) is 5.39. The Balaban J connectivity index is 1.65. The number of hydrogen-bond donors (Lipinski definition) is 2. The Morgan fingerprint density at radius 1 is 1.00 bits per heavy atom. The van der Waals surface area contributed by atoms with Crippen LogP contribution in [0.1, 0.15) is 15.9 Å². The summed E-state index contributed by atoms with van der Waals surface area (Å²) in [5.41, 5.74) is 1.23. The van der Waals surface area contributed by atoms with E-state index in [0.717, 1.165) is 0 Å². The van der Waals surface area contributed by atoms with Gasteiger partial charge in [0.2, 0.25) is 0 Å². The van der Waals surface area contributed by atoms with E-state index in [9.17, 15) is 9.18 Å². The Hall–Kier alpha value is -2.63. The van der Waals surface area contributed by atoms with Gasteiger partial charge in [0.15, 0.2) is 0 Å². The van der Waals surface area contributed by atoms with Crippen LogP contribution in [-0.4, -0.2) is 10.9 Å². The van der Waals surface area contributed by atoms with Crippen molar-refractivity contribution in [1.82, 2.24) is 4.98 Å². The summed E-state index contributed by atoms with van der Waals surface area (Å²) < 4.78 is 13.6. The van der Waals surface area contributed by atoms with Crippen LogP contribution in [0.3, 0.4) is 0 Å². The molecule has 0 saturated carbocycles. The van der Waals surface area contributed by atoms with Crippen LogP contribution in [0.2, 0.25) is 10.0 Å². The molecule has 1 heterocycles. The second kappa shape index (κ2) is 8.17. The number of benzene rings is 2. The summed E-state index contributed by atoms with van der Waals surface area (Å²) in [6.07, 6.45) is 1.42. The van der Waals surface area contributed by atoms with Crippen LogP contribution in [0.15, 0.2) is 60.8 Å². The molecule has 3 aromatic rings. The Morgan fingerprint density at radius 3 is 2.38 bits per heavy atom. The summed E-state index contributed by atoms with van der Waals surface area (Å²) >= 11 is 12.1. The quantitative estimate of drug-likeness (QED) is 0.614. The number of carbonyl (C=O) groups excluding carboxylic acids is 1. The lowest BCUT2D eigenvalue weighted by atomic mass is 10.2. The van der Waals surface area contributed by atoms with Gasteiger partial charge in [-0.15, -0.1) is 0 Å². The number of hydrogen-bond acceptors (Lipinski definition) is 3. The minimum absolute atomic E-state index is 0.285. The third kappa shape index (κ3) is 4.31. The van der Waals surface area contributed by atoms with Crippen molar-refractivity contribution in [2.75, 3.05) is 10.6 Å². The molecule has 4 nitrogen and oxygen atoms in total. The molecule has 0 unspecified atom stereocenters. The van der Waals surface area contributed by atoms with Crippen LogP contribution < -0.4 is 10.6 Å². The van der Waals surface area contributed by atoms with Crippen molar-refractivity contribution in [3.63, 3.8) is 0 Å². The van der Waals surface area contributed by atoms with Crippen molar-refractivity contribution in [3.8, 4) is 0 Å². The minimum atomic E-state index is -0.381. The Labute approximate surface area is 160 Å². The first kappa shape index (κ1) is 18.2. The Morgan fingerprint density at radius 2 is 1.73 bits per heavy atom. The molecule has 0 bridgehead atoms. The summed E-state index contributed by atoms with van der Waals surface area (Å²) in [6, 6.07) is 14.7. The number of nitrogens with zero attached hydrogens (tertiary/aromatic N) is 1. The smallest absolute Gasteiger partial charge is 0.257 e. The van der Waals surface area contributed by atoms with Gasteiger partial charge in [0.1, 0.15) is 11.6 Å². The highest BCUT2D eigenvalue weighted by Gasteiger charge is 2.12. The molecule has 132 valence electrons. The first-order valence-corrected chi connectivity index (χ1v) is 8.49. The van der Waals surface area contributed by atoms with Gasteiger partial charge in [0, 0.05) is 18.3 Å². The van der Waals surface area contributed by atoms with Gasteiger partial charge in [-0.1, -0.05) is 47.5 Å². The fourth-order valence-corrected chi connectivity index (χ4v) is 2.76. The van der Waals surface area contributed by atoms with Crippen molar-refractivity contribution in [2.24, 2.45) is 0 Å². The zero-order valence-corrected chi connectivity index (χ0v) is 15.0. The van der Waals surface area contributed by atoms with E-state index < -0.39 is 0 Å². The van der Waals surface area contributed by atoms with E-state index in [1.54, 1.807) is 48.5 Å². The van der Waals surface area contributed by atoms with Gasteiger partial charge in [-0.3, -0.25) is 4.79 Å². The maximum Gasteiger partial charge on any atom is 0.257 e. The molecule has 2 aromatic carbocycles. The first-order chi connectivity index (χ1) is 12.5. The monoisotopic (exact) mass is 389 g/mol. The molecule has 0 spiro atoms. The SMILES string of the molecule is O=C(Nc1c(Cl)cccc1Cl)c1ccc(NCc2ccccc2F)nc1. The molecule has 26 heavy (non-hydrogen) atoms. The van der Waals surface area contributed by atoms with Gasteiger partial charge in [0.05, 0.1) is 21.3 Å². The molecular weight excluding hydrogens is 376 g/mol. The van der Waals surface area contributed by atoms with E-state index >= 15 is 0 Å². The second-order valence-electron chi connectivity index (χ2n) is 5.43. The topological polar surface area (TPSA) is 54.0 Å². The summed E-state index contributed by atoms with van der Waals surface area (Å²) in [6.45, 7) is 0.292. The lowest BCUT2D eigenvalue weighted by Gasteiger charge is -2.10. The Bertz CT molecular complexity index is 912. The molecule has 1 aromatic heterocycles. The van der Waals surface area contributed by atoms with Crippen LogP contribution in [0, 0.1) is 5.82 Å². The van der Waals surface area contributed by atoms with Crippen LogP contribution in [-0.2, 0) is 6.54 Å². The minimum Gasteiger partial charge on any atom is -0.366 e. The van der Waals surface area contributed by atoms with Crippen molar-refractivity contribution >= 4 is 40.6 Å². The average Bonchev–Trinajstić information content (AvgIpc) is 2.64. The van der Waals surface area contributed by atoms with Crippen LogP contribution in [0.4, 0.5) is 15.9 Å². The largest absolute Gasteiger partial charge is 0.366 e. The van der Waals surface area contributed by atoms with E-state index in [4.69, 9.17) is 23.2 Å². The third-order valence-corrected chi connectivity index (χ3v) is 4.27. The molecule has 0 aliphatic heterocycles. The number of anilines is 2. The highest BCUT2D eigenvalue weighted by atomic mass is 35.5. The molecular formula is C19H14Cl2FN3O. The van der Waals surface area contributed by atoms with Crippen LogP contribution in [0.25, 0.3) is 0 Å². The number of pyridine rings is 1. The van der Waals surface area contributed by atoms with Gasteiger partial charge in [-0.2, -0.15) is 0 Å². The molecule has 0 fully saturated rings. The number of para-hydroxylation sites is 1. The number of halogens is 3. The Kier molecular flexibility index (Phi) is 5.71. The van der Waals surface area contributed by atoms with Crippen LogP contribution in [0.5, 0.6) is 0 Å². The predicted molar refractivity (Wildman–Crippen MR) is 102 cm³/mol. The highest BCUT2D eigenvalue weighted by Crippen LogP contribution is 2.30. The summed E-state index contributed by atoms with van der Waals surface area (Å²) in [4.78, 5) is 16.5. The average molecular weight is 390 g/mol. The molecule has 0 aliphatic carbocycles. The van der Waals surface area contributed by atoms with Crippen molar-refractivity contribution < 1.29 is 9.18 Å². The van der Waals surface area contributed by atoms with Gasteiger partial charge in [-0.05, 0) is 30.3 Å². The van der Waals surface area contributed by atoms with Crippen molar-refractivity contribution in [1.29, 1.82) is 0 Å². The standard InChI is InChI=1S/C19H14Cl2FN3O/c20-14-5-3-6-15(21)18(14)25-19(26)13-8-9-17(24-11-13)23-10-12-4-1-2-7-16(12)22/h1-9,11H,10H2,(H,23,24)(H,25,26). The van der Waals surface area contributed by atoms with E-state index in [0.29, 0.717) is 39.2 Å². The van der Waals surface area contributed by atoms with Gasteiger partial charge in [-0.25, -0.2) is 9.37 Å². The molecule has 0 atom stereocenters. The number of rotatable bonds is 5. The molecule has 0 aliphatic rings. The number of nitrogens with one attached hydrogen (secondary N) is 2. The summed E-state index contributed by atoms with van der Waals surface area (Å²) in [5, 5.41) is 6.38. The summed E-state index contributed by atoms with van der Waals surface area (Å²) in [7, 11) is 0. The van der Waals surface area contributed by atoms with E-state index in [1.165, 1.54) is 12.3 Å².